The van der Waals surface area contributed by atoms with Crippen LogP contribution in [0.15, 0.2) is 12.7 Å². The smallest absolute Gasteiger partial charge is 0.412 e. The fourth-order valence-corrected chi connectivity index (χ4v) is 2.60. The molecule has 2 atom stereocenters. The zero-order valence-electron chi connectivity index (χ0n) is 15.0. The van der Waals surface area contributed by atoms with Gasteiger partial charge in [-0.25, -0.2) is 4.79 Å². The van der Waals surface area contributed by atoms with Gasteiger partial charge in [-0.15, -0.1) is 6.58 Å². The third kappa shape index (κ3) is 5.23. The lowest BCUT2D eigenvalue weighted by molar-refractivity contribution is -0.144. The molecule has 1 rings (SSSR count). The summed E-state index contributed by atoms with van der Waals surface area (Å²) in [5.41, 5.74) is -1.41. The number of ether oxygens (including phenoxy) is 3. The minimum Gasteiger partial charge on any atom is -0.466 e. The van der Waals surface area contributed by atoms with Crippen molar-refractivity contribution in [2.75, 3.05) is 13.2 Å². The van der Waals surface area contributed by atoms with E-state index in [4.69, 9.17) is 14.2 Å². The van der Waals surface area contributed by atoms with E-state index in [9.17, 15) is 9.59 Å². The van der Waals surface area contributed by atoms with Gasteiger partial charge in [-0.05, 0) is 41.5 Å². The summed E-state index contributed by atoms with van der Waals surface area (Å²) in [6.45, 7) is 15.3. The molecule has 0 aromatic heterocycles. The number of rotatable bonds is 5. The molecule has 0 saturated carbocycles. The standard InChI is InChI=1S/C17H29NO5/c1-8-12(10-14(19)21-9-2)13-11-22-17(6,7)18(13)15(20)23-16(3,4)5/h8,12-13H,1,9-11H2,2-7H3/t12-,13-/m0/s1. The van der Waals surface area contributed by atoms with Gasteiger partial charge in [0, 0.05) is 5.92 Å². The lowest BCUT2D eigenvalue weighted by atomic mass is 9.95. The molecule has 1 saturated heterocycles. The third-order valence-corrected chi connectivity index (χ3v) is 3.61. The maximum absolute atomic E-state index is 12.6. The highest BCUT2D eigenvalue weighted by Gasteiger charge is 2.48. The van der Waals surface area contributed by atoms with Crippen molar-refractivity contribution in [3.8, 4) is 0 Å². The Bertz CT molecular complexity index is 452. The molecule has 1 amide bonds. The molecule has 0 radical (unpaired) electrons. The van der Waals surface area contributed by atoms with Gasteiger partial charge < -0.3 is 14.2 Å². The van der Waals surface area contributed by atoms with Gasteiger partial charge in [0.25, 0.3) is 0 Å². The van der Waals surface area contributed by atoms with Crippen molar-refractivity contribution in [2.45, 2.75) is 65.3 Å². The molecule has 132 valence electrons. The van der Waals surface area contributed by atoms with Crippen molar-refractivity contribution >= 4 is 12.1 Å². The molecule has 1 aliphatic rings. The molecular formula is C17H29NO5. The van der Waals surface area contributed by atoms with Gasteiger partial charge >= 0.3 is 12.1 Å². The van der Waals surface area contributed by atoms with Crippen LogP contribution in [-0.4, -0.2) is 47.5 Å². The van der Waals surface area contributed by atoms with Crippen LogP contribution in [0.4, 0.5) is 4.79 Å². The van der Waals surface area contributed by atoms with Gasteiger partial charge in [-0.2, -0.15) is 0 Å². The predicted octanol–water partition coefficient (Wildman–Crippen LogP) is 3.11. The Kier molecular flexibility index (Phi) is 6.22. The number of amides is 1. The summed E-state index contributed by atoms with van der Waals surface area (Å²) < 4.78 is 16.2. The molecule has 0 aromatic carbocycles. The lowest BCUT2D eigenvalue weighted by Gasteiger charge is -2.36. The first kappa shape index (κ1) is 19.5. The SMILES string of the molecule is C=C[C@@H](CC(=O)OCC)[C@@H]1COC(C)(C)N1C(=O)OC(C)(C)C. The van der Waals surface area contributed by atoms with E-state index >= 15 is 0 Å². The Morgan fingerprint density at radius 2 is 2.04 bits per heavy atom. The zero-order valence-corrected chi connectivity index (χ0v) is 15.0. The normalized spacial score (nSPS) is 21.7. The monoisotopic (exact) mass is 327 g/mol. The van der Waals surface area contributed by atoms with E-state index in [2.05, 4.69) is 6.58 Å². The Morgan fingerprint density at radius 1 is 1.43 bits per heavy atom. The summed E-state index contributed by atoms with van der Waals surface area (Å²) in [6.07, 6.45) is 1.37. The predicted molar refractivity (Wildman–Crippen MR) is 86.8 cm³/mol. The first-order valence-electron chi connectivity index (χ1n) is 7.96. The number of esters is 1. The van der Waals surface area contributed by atoms with Crippen LogP contribution in [0.3, 0.4) is 0 Å². The summed E-state index contributed by atoms with van der Waals surface area (Å²) in [5, 5.41) is 0. The molecule has 6 nitrogen and oxygen atoms in total. The van der Waals surface area contributed by atoms with Gasteiger partial charge in [-0.3, -0.25) is 9.69 Å². The minimum atomic E-state index is -0.803. The Hall–Kier alpha value is -1.56. The highest BCUT2D eigenvalue weighted by atomic mass is 16.6. The molecule has 6 heteroatoms. The van der Waals surface area contributed by atoms with E-state index in [0.29, 0.717) is 13.2 Å². The van der Waals surface area contributed by atoms with E-state index in [-0.39, 0.29) is 24.3 Å². The molecule has 1 heterocycles. The van der Waals surface area contributed by atoms with E-state index in [0.717, 1.165) is 0 Å². The Morgan fingerprint density at radius 3 is 2.52 bits per heavy atom. The van der Waals surface area contributed by atoms with Crippen molar-refractivity contribution in [2.24, 2.45) is 5.92 Å². The largest absolute Gasteiger partial charge is 0.466 e. The molecular weight excluding hydrogens is 298 g/mol. The quantitative estimate of drug-likeness (QED) is 0.573. The average molecular weight is 327 g/mol. The lowest BCUT2D eigenvalue weighted by Crippen LogP contribution is -2.52. The number of nitrogens with zero attached hydrogens (tertiary/aromatic N) is 1. The van der Waals surface area contributed by atoms with Gasteiger partial charge in [-0.1, -0.05) is 6.08 Å². The van der Waals surface area contributed by atoms with Crippen molar-refractivity contribution in [3.05, 3.63) is 12.7 Å². The first-order valence-corrected chi connectivity index (χ1v) is 7.96. The highest BCUT2D eigenvalue weighted by Crippen LogP contribution is 2.34. The van der Waals surface area contributed by atoms with Crippen molar-refractivity contribution in [1.82, 2.24) is 4.90 Å². The third-order valence-electron chi connectivity index (χ3n) is 3.61. The molecule has 0 bridgehead atoms. The number of hydrogen-bond donors (Lipinski definition) is 0. The van der Waals surface area contributed by atoms with Crippen LogP contribution in [0.5, 0.6) is 0 Å². The second-order valence-corrected chi connectivity index (χ2v) is 7.08. The Labute approximate surface area is 138 Å². The van der Waals surface area contributed by atoms with Crippen molar-refractivity contribution < 1.29 is 23.8 Å². The first-order chi connectivity index (χ1) is 10.5. The Balaban J connectivity index is 2.95. The van der Waals surface area contributed by atoms with Gasteiger partial charge in [0.15, 0.2) is 0 Å². The number of hydrogen-bond acceptors (Lipinski definition) is 5. The van der Waals surface area contributed by atoms with Crippen molar-refractivity contribution in [3.63, 3.8) is 0 Å². The van der Waals surface area contributed by atoms with Gasteiger partial charge in [0.05, 0.1) is 25.7 Å². The number of carbonyl (C=O) groups excluding carboxylic acids is 2. The van der Waals surface area contributed by atoms with E-state index in [1.807, 2.05) is 20.8 Å². The van der Waals surface area contributed by atoms with Crippen LogP contribution >= 0.6 is 0 Å². The van der Waals surface area contributed by atoms with Gasteiger partial charge in [0.2, 0.25) is 0 Å². The molecule has 0 aliphatic carbocycles. The van der Waals surface area contributed by atoms with Gasteiger partial charge in [0.1, 0.15) is 11.3 Å². The summed E-state index contributed by atoms with van der Waals surface area (Å²) in [4.78, 5) is 25.9. The van der Waals surface area contributed by atoms with Crippen LogP contribution in [-0.2, 0) is 19.0 Å². The fourth-order valence-electron chi connectivity index (χ4n) is 2.60. The van der Waals surface area contributed by atoms with Crippen LogP contribution in [0, 0.1) is 5.92 Å². The highest BCUT2D eigenvalue weighted by molar-refractivity contribution is 5.72. The van der Waals surface area contributed by atoms with E-state index in [1.54, 1.807) is 31.7 Å². The molecule has 23 heavy (non-hydrogen) atoms. The molecule has 0 aromatic rings. The fraction of sp³-hybridized carbons (Fsp3) is 0.765. The summed E-state index contributed by atoms with van der Waals surface area (Å²) in [6, 6.07) is -0.318. The number of carbonyl (C=O) groups is 2. The average Bonchev–Trinajstić information content (AvgIpc) is 2.70. The minimum absolute atomic E-state index is 0.154. The van der Waals surface area contributed by atoms with Crippen LogP contribution in [0.2, 0.25) is 0 Å². The molecule has 0 N–H and O–H groups in total. The van der Waals surface area contributed by atoms with Crippen molar-refractivity contribution in [1.29, 1.82) is 0 Å². The topological polar surface area (TPSA) is 65.1 Å². The van der Waals surface area contributed by atoms with E-state index in [1.165, 1.54) is 0 Å². The summed E-state index contributed by atoms with van der Waals surface area (Å²) >= 11 is 0. The molecule has 0 unspecified atom stereocenters. The summed E-state index contributed by atoms with van der Waals surface area (Å²) in [5.74, 6) is -0.574. The maximum atomic E-state index is 12.6. The van der Waals surface area contributed by atoms with Crippen LogP contribution in [0.25, 0.3) is 0 Å². The summed E-state index contributed by atoms with van der Waals surface area (Å²) in [7, 11) is 0. The zero-order chi connectivity index (χ0) is 17.8. The van der Waals surface area contributed by atoms with Crippen LogP contribution in [0.1, 0.15) is 48.0 Å². The van der Waals surface area contributed by atoms with Crippen LogP contribution < -0.4 is 0 Å². The molecule has 0 spiro atoms. The second kappa shape index (κ2) is 7.34. The molecule has 1 fully saturated rings. The molecule has 1 aliphatic heterocycles. The van der Waals surface area contributed by atoms with E-state index < -0.39 is 17.4 Å². The second-order valence-electron chi connectivity index (χ2n) is 7.08. The maximum Gasteiger partial charge on any atom is 0.412 e.